The van der Waals surface area contributed by atoms with Crippen LogP contribution >= 0.6 is 12.6 Å². The van der Waals surface area contributed by atoms with Gasteiger partial charge in [0.15, 0.2) is 6.10 Å². The van der Waals surface area contributed by atoms with Gasteiger partial charge in [-0.05, 0) is 73.6 Å². The van der Waals surface area contributed by atoms with Crippen molar-refractivity contribution in [2.75, 3.05) is 54.6 Å². The first-order valence-corrected chi connectivity index (χ1v) is 21.2. The van der Waals surface area contributed by atoms with Gasteiger partial charge in [0.05, 0.1) is 26.4 Å². The van der Waals surface area contributed by atoms with Crippen LogP contribution in [0.15, 0.2) is 70.3 Å². The molecule has 5 aliphatic heterocycles. The number of esters is 3. The molecule has 0 amide bonds. The molecule has 1 saturated carbocycles. The molecule has 0 radical (unpaired) electrons. The Morgan fingerprint density at radius 3 is 2.50 bits per heavy atom. The molecule has 6 heterocycles. The number of methoxy groups -OCH3 is 3. The molecular weight excluding hydrogens is 757 g/mol. The number of hydrogen-bond donors (Lipinski definition) is 3. The summed E-state index contributed by atoms with van der Waals surface area (Å²) in [6.45, 7) is 9.20. The fraction of sp³-hybridized carbons (Fsp3) is 0.578. The van der Waals surface area contributed by atoms with Gasteiger partial charge >= 0.3 is 17.9 Å². The van der Waals surface area contributed by atoms with Gasteiger partial charge in [-0.2, -0.15) is 0 Å². The number of likely N-dealkylation sites (tertiary alicyclic amines) is 1. The summed E-state index contributed by atoms with van der Waals surface area (Å²) < 4.78 is 24.1. The Hall–Kier alpha value is -3.88. The van der Waals surface area contributed by atoms with Crippen molar-refractivity contribution < 1.29 is 38.4 Å². The Morgan fingerprint density at radius 2 is 1.81 bits per heavy atom. The number of H-pyrrole nitrogens is 1. The first kappa shape index (κ1) is 39.6. The van der Waals surface area contributed by atoms with E-state index in [1.54, 1.807) is 7.11 Å². The SMILES string of the molecule is CCC1=C[C@H]2CN(C1)Cc1c([nH]c3ccc(S)cc13)[C@@](C(=O)OC)(C1C=C3C(=CC1OC)N(C)[C@H]1[C@@](O)(C(=O)OC)[C@H](OC(C)=O)[C@]4(CC)C=CCN5CC[C@]31[C@@H]54)C2. The van der Waals surface area contributed by atoms with Gasteiger partial charge in [-0.25, -0.2) is 4.79 Å². The molecule has 2 saturated heterocycles. The summed E-state index contributed by atoms with van der Waals surface area (Å²) in [6.07, 6.45) is 11.5. The van der Waals surface area contributed by atoms with Crippen LogP contribution in [0.1, 0.15) is 57.7 Å². The van der Waals surface area contributed by atoms with E-state index in [2.05, 4.69) is 58.2 Å². The molecule has 1 aromatic heterocycles. The lowest BCUT2D eigenvalue weighted by atomic mass is 9.47. The van der Waals surface area contributed by atoms with Crippen molar-refractivity contribution in [2.45, 2.75) is 93.2 Å². The van der Waals surface area contributed by atoms with Crippen molar-refractivity contribution in [2.24, 2.45) is 22.7 Å². The monoisotopic (exact) mass is 812 g/mol. The number of nitrogens with one attached hydrogen (secondary N) is 1. The van der Waals surface area contributed by atoms with E-state index in [1.807, 2.05) is 31.0 Å². The van der Waals surface area contributed by atoms with Gasteiger partial charge in [-0.1, -0.05) is 43.7 Å². The molecule has 1 aromatic carbocycles. The lowest BCUT2D eigenvalue weighted by Crippen LogP contribution is -2.79. The maximum Gasteiger partial charge on any atom is 0.344 e. The van der Waals surface area contributed by atoms with Crippen molar-refractivity contribution in [3.63, 3.8) is 0 Å². The van der Waals surface area contributed by atoms with Crippen LogP contribution in [0.3, 0.4) is 0 Å². The summed E-state index contributed by atoms with van der Waals surface area (Å²) in [4.78, 5) is 54.2. The van der Waals surface area contributed by atoms with E-state index in [4.69, 9.17) is 31.6 Å². The molecule has 7 aliphatic rings. The normalized spacial score (nSPS) is 38.6. The summed E-state index contributed by atoms with van der Waals surface area (Å²) in [6, 6.07) is 4.94. The lowest BCUT2D eigenvalue weighted by Gasteiger charge is -2.63. The molecule has 2 bridgehead atoms. The van der Waals surface area contributed by atoms with Crippen LogP contribution < -0.4 is 0 Å². The van der Waals surface area contributed by atoms with Gasteiger partial charge in [0.2, 0.25) is 5.60 Å². The molecule has 2 aromatic rings. The van der Waals surface area contributed by atoms with E-state index in [9.17, 15) is 14.7 Å². The second kappa shape index (κ2) is 13.8. The maximum atomic E-state index is 15.3. The highest BCUT2D eigenvalue weighted by Gasteiger charge is 2.81. The van der Waals surface area contributed by atoms with Crippen molar-refractivity contribution in [1.82, 2.24) is 19.7 Å². The number of aromatic amines is 1. The fourth-order valence-corrected chi connectivity index (χ4v) is 13.5. The molecule has 13 heteroatoms. The second-order valence-corrected chi connectivity index (χ2v) is 18.2. The number of allylic oxidation sites excluding steroid dienone is 1. The van der Waals surface area contributed by atoms with Gasteiger partial charge in [0, 0.05) is 97.2 Å². The molecule has 11 atom stereocenters. The number of aromatic nitrogens is 1. The molecular formula is C45H56N4O8S. The summed E-state index contributed by atoms with van der Waals surface area (Å²) in [5, 5.41) is 14.3. The van der Waals surface area contributed by atoms with Crippen molar-refractivity contribution >= 4 is 41.4 Å². The number of rotatable bonds is 7. The largest absolute Gasteiger partial charge is 0.468 e. The molecule has 310 valence electrons. The van der Waals surface area contributed by atoms with E-state index in [1.165, 1.54) is 26.7 Å². The van der Waals surface area contributed by atoms with Crippen LogP contribution in [0.2, 0.25) is 0 Å². The maximum absolute atomic E-state index is 15.3. The highest BCUT2D eigenvalue weighted by atomic mass is 32.1. The number of hydrogen-bond acceptors (Lipinski definition) is 12. The zero-order valence-corrected chi connectivity index (χ0v) is 35.4. The second-order valence-electron chi connectivity index (χ2n) is 17.7. The Morgan fingerprint density at radius 1 is 1.03 bits per heavy atom. The number of carbonyl (C=O) groups is 3. The van der Waals surface area contributed by atoms with E-state index >= 15 is 4.79 Å². The van der Waals surface area contributed by atoms with Gasteiger partial charge in [-0.15, -0.1) is 12.6 Å². The highest BCUT2D eigenvalue weighted by Crippen LogP contribution is 2.70. The minimum Gasteiger partial charge on any atom is -0.468 e. The number of likely N-dealkylation sites (N-methyl/N-ethyl adjacent to an activating group) is 1. The third-order valence-electron chi connectivity index (χ3n) is 15.2. The summed E-state index contributed by atoms with van der Waals surface area (Å²) in [5.74, 6) is -2.31. The number of benzene rings is 1. The standard InChI is InChI=1S/C45H56N4O8S/c1-8-26-17-27-21-44(40(51)55-6,36-30(24-48(22-26)23-27)29-18-28(58)11-12-33(29)46-36)32-19-31-34(20-35(32)54-5)47(4)38-43(31)14-16-49-15-10-13-42(9-2,37(43)49)39(57-25(3)50)45(38,53)41(52)56-7/h10-13,17-20,27,32,35,37-39,46,53,58H,8-9,14-16,21-24H2,1-7H3/t27-,32?,35?,37+,38-,39-,42-,43-,44+,45+/m1/s1. The number of carbonyl (C=O) groups excluding carboxylic acids is 3. The van der Waals surface area contributed by atoms with Crippen molar-refractivity contribution in [1.29, 1.82) is 0 Å². The third-order valence-corrected chi connectivity index (χ3v) is 15.5. The Labute approximate surface area is 345 Å². The minimum absolute atomic E-state index is 0.0445. The van der Waals surface area contributed by atoms with Crippen LogP contribution in [0.25, 0.3) is 10.9 Å². The number of ether oxygens (including phenoxy) is 4. The van der Waals surface area contributed by atoms with Gasteiger partial charge in [0.25, 0.3) is 0 Å². The molecule has 2 aliphatic carbocycles. The smallest absolute Gasteiger partial charge is 0.344 e. The van der Waals surface area contributed by atoms with E-state index < -0.39 is 58.0 Å². The Balaban J connectivity index is 1.34. The first-order chi connectivity index (χ1) is 27.8. The highest BCUT2D eigenvalue weighted by molar-refractivity contribution is 7.80. The van der Waals surface area contributed by atoms with E-state index in [-0.39, 0.29) is 17.9 Å². The lowest BCUT2D eigenvalue weighted by molar-refractivity contribution is -0.243. The average molecular weight is 813 g/mol. The summed E-state index contributed by atoms with van der Waals surface area (Å²) in [5.41, 5.74) is 0.599. The average Bonchev–Trinajstić information content (AvgIpc) is 3.86. The minimum atomic E-state index is -2.27. The number of thiol groups is 1. The van der Waals surface area contributed by atoms with Crippen LogP contribution in [0.4, 0.5) is 0 Å². The molecule has 58 heavy (non-hydrogen) atoms. The molecule has 3 unspecified atom stereocenters. The number of aliphatic hydroxyl groups is 1. The van der Waals surface area contributed by atoms with Crippen molar-refractivity contribution in [3.8, 4) is 0 Å². The number of nitrogens with zero attached hydrogens (tertiary/aromatic N) is 3. The summed E-state index contributed by atoms with van der Waals surface area (Å²) in [7, 11) is 6.31. The zero-order valence-electron chi connectivity index (χ0n) is 34.5. The van der Waals surface area contributed by atoms with Gasteiger partial charge in [0.1, 0.15) is 5.41 Å². The predicted molar refractivity (Wildman–Crippen MR) is 220 cm³/mol. The van der Waals surface area contributed by atoms with Crippen LogP contribution in [0, 0.1) is 22.7 Å². The van der Waals surface area contributed by atoms with Crippen LogP contribution in [-0.2, 0) is 45.3 Å². The van der Waals surface area contributed by atoms with E-state index in [0.29, 0.717) is 38.9 Å². The Kier molecular flexibility index (Phi) is 9.44. The Bertz CT molecular complexity index is 2210. The topological polar surface area (TPSA) is 134 Å². The van der Waals surface area contributed by atoms with Gasteiger partial charge < -0.3 is 33.9 Å². The fourth-order valence-electron chi connectivity index (χ4n) is 13.3. The molecule has 12 nitrogen and oxygen atoms in total. The van der Waals surface area contributed by atoms with Crippen molar-refractivity contribution in [3.05, 3.63) is 76.7 Å². The van der Waals surface area contributed by atoms with Crippen LogP contribution in [0.5, 0.6) is 0 Å². The predicted octanol–water partition coefficient (Wildman–Crippen LogP) is 4.68. The third kappa shape index (κ3) is 5.06. The van der Waals surface area contributed by atoms with Crippen LogP contribution in [-0.4, -0.2) is 127 Å². The first-order valence-electron chi connectivity index (χ1n) is 20.7. The molecule has 2 N–H and O–H groups in total. The quantitative estimate of drug-likeness (QED) is 0.156. The van der Waals surface area contributed by atoms with E-state index in [0.717, 1.165) is 57.8 Å². The zero-order chi connectivity index (χ0) is 41.1. The molecule has 3 fully saturated rings. The summed E-state index contributed by atoms with van der Waals surface area (Å²) >= 11 is 4.75. The molecule has 1 spiro atoms. The van der Waals surface area contributed by atoms with Gasteiger partial charge in [-0.3, -0.25) is 19.4 Å². The molecule has 9 rings (SSSR count). The number of fused-ring (bicyclic) bond motifs is 6.